The molecule has 1 aliphatic rings. The van der Waals surface area contributed by atoms with E-state index in [0.29, 0.717) is 11.4 Å². The van der Waals surface area contributed by atoms with Crippen molar-refractivity contribution in [3.05, 3.63) is 58.1 Å². The average Bonchev–Trinajstić information content (AvgIpc) is 2.88. The maximum Gasteiger partial charge on any atom is 0.247 e. The molecule has 140 valence electrons. The number of thioether (sulfide) groups is 1. The van der Waals surface area contributed by atoms with Gasteiger partial charge in [0.15, 0.2) is 0 Å². The quantitative estimate of drug-likeness (QED) is 0.702. The Labute approximate surface area is 170 Å². The van der Waals surface area contributed by atoms with Gasteiger partial charge >= 0.3 is 0 Å². The van der Waals surface area contributed by atoms with E-state index in [1.165, 1.54) is 16.7 Å². The van der Waals surface area contributed by atoms with E-state index < -0.39 is 5.25 Å². The molecule has 27 heavy (non-hydrogen) atoms. The van der Waals surface area contributed by atoms with Crippen LogP contribution in [0.4, 0.5) is 11.4 Å². The molecular weight excluding hydrogens is 428 g/mol. The van der Waals surface area contributed by atoms with Gasteiger partial charge in [-0.2, -0.15) is 0 Å². The van der Waals surface area contributed by atoms with Crippen molar-refractivity contribution in [1.29, 1.82) is 0 Å². The molecule has 0 spiro atoms. The SMILES string of the molecule is Cc1cc(C)cc(N2C(=O)C[C@H](SCC(=O)Nc3ccc(Br)cc3)C2=O)c1. The van der Waals surface area contributed by atoms with Gasteiger partial charge in [-0.3, -0.25) is 14.4 Å². The molecule has 0 aliphatic carbocycles. The van der Waals surface area contributed by atoms with Crippen molar-refractivity contribution in [1.82, 2.24) is 0 Å². The molecule has 1 fully saturated rings. The molecule has 3 amide bonds. The first kappa shape index (κ1) is 19.6. The zero-order valence-corrected chi connectivity index (χ0v) is 17.4. The molecule has 2 aromatic rings. The third-order valence-corrected chi connectivity index (χ3v) is 5.84. The number of aryl methyl sites for hydroxylation is 2. The number of hydrogen-bond acceptors (Lipinski definition) is 4. The van der Waals surface area contributed by atoms with Crippen molar-refractivity contribution >= 4 is 56.8 Å². The van der Waals surface area contributed by atoms with Crippen LogP contribution in [0.15, 0.2) is 46.9 Å². The number of benzene rings is 2. The lowest BCUT2D eigenvalue weighted by Crippen LogP contribution is -2.31. The highest BCUT2D eigenvalue weighted by Crippen LogP contribution is 2.30. The second kappa shape index (κ2) is 8.27. The molecule has 0 unspecified atom stereocenters. The number of nitrogens with zero attached hydrogens (tertiary/aromatic N) is 1. The van der Waals surface area contributed by atoms with Crippen molar-refractivity contribution in [2.45, 2.75) is 25.5 Å². The van der Waals surface area contributed by atoms with Crippen LogP contribution in [0, 0.1) is 13.8 Å². The van der Waals surface area contributed by atoms with E-state index in [2.05, 4.69) is 21.2 Å². The Balaban J connectivity index is 1.61. The fraction of sp³-hybridized carbons (Fsp3) is 0.250. The first-order valence-electron chi connectivity index (χ1n) is 8.45. The highest BCUT2D eigenvalue weighted by atomic mass is 79.9. The molecule has 0 bridgehead atoms. The third-order valence-electron chi connectivity index (χ3n) is 4.11. The van der Waals surface area contributed by atoms with Crippen LogP contribution in [0.25, 0.3) is 0 Å². The first-order valence-corrected chi connectivity index (χ1v) is 10.3. The van der Waals surface area contributed by atoms with Crippen molar-refractivity contribution in [3.63, 3.8) is 0 Å². The van der Waals surface area contributed by atoms with Crippen molar-refractivity contribution < 1.29 is 14.4 Å². The predicted molar refractivity (Wildman–Crippen MR) is 112 cm³/mol. The van der Waals surface area contributed by atoms with E-state index in [9.17, 15) is 14.4 Å². The number of anilines is 2. The minimum atomic E-state index is -0.533. The van der Waals surface area contributed by atoms with Gasteiger partial charge in [-0.25, -0.2) is 4.90 Å². The summed E-state index contributed by atoms with van der Waals surface area (Å²) in [7, 11) is 0. The predicted octanol–water partition coefficient (Wildman–Crippen LogP) is 4.07. The summed E-state index contributed by atoms with van der Waals surface area (Å²) in [5, 5.41) is 2.25. The summed E-state index contributed by atoms with van der Waals surface area (Å²) in [6, 6.07) is 12.9. The van der Waals surface area contributed by atoms with Gasteiger partial charge in [0, 0.05) is 16.6 Å². The zero-order valence-electron chi connectivity index (χ0n) is 15.0. The van der Waals surface area contributed by atoms with Gasteiger partial charge in [-0.15, -0.1) is 11.8 Å². The number of hydrogen-bond donors (Lipinski definition) is 1. The Morgan fingerprint density at radius 3 is 2.41 bits per heavy atom. The second-order valence-corrected chi connectivity index (χ2v) is 8.58. The summed E-state index contributed by atoms with van der Waals surface area (Å²) in [5.41, 5.74) is 3.28. The number of carbonyl (C=O) groups is 3. The molecule has 1 aliphatic heterocycles. The minimum absolute atomic E-state index is 0.112. The van der Waals surface area contributed by atoms with E-state index in [0.717, 1.165) is 15.6 Å². The van der Waals surface area contributed by atoms with E-state index >= 15 is 0 Å². The summed E-state index contributed by atoms with van der Waals surface area (Å²) >= 11 is 4.54. The molecule has 0 saturated carbocycles. The Hall–Kier alpha value is -2.12. The van der Waals surface area contributed by atoms with Crippen LogP contribution in [0.1, 0.15) is 17.5 Å². The maximum absolute atomic E-state index is 12.7. The molecule has 5 nitrogen and oxygen atoms in total. The summed E-state index contributed by atoms with van der Waals surface area (Å²) < 4.78 is 0.927. The Bertz CT molecular complexity index is 878. The number of carbonyl (C=O) groups excluding carboxylic acids is 3. The van der Waals surface area contributed by atoms with Gasteiger partial charge in [0.2, 0.25) is 17.7 Å². The molecule has 1 saturated heterocycles. The summed E-state index contributed by atoms with van der Waals surface area (Å²) in [6.07, 6.45) is 0.113. The monoisotopic (exact) mass is 446 g/mol. The van der Waals surface area contributed by atoms with Gasteiger partial charge in [0.25, 0.3) is 0 Å². The number of halogens is 1. The zero-order chi connectivity index (χ0) is 19.6. The summed E-state index contributed by atoms with van der Waals surface area (Å²) in [4.78, 5) is 38.4. The molecule has 7 heteroatoms. The lowest BCUT2D eigenvalue weighted by Gasteiger charge is -2.16. The van der Waals surface area contributed by atoms with E-state index in [1.807, 2.05) is 44.2 Å². The van der Waals surface area contributed by atoms with Crippen LogP contribution >= 0.6 is 27.7 Å². The van der Waals surface area contributed by atoms with Crippen LogP contribution in [-0.2, 0) is 14.4 Å². The fourth-order valence-electron chi connectivity index (χ4n) is 2.99. The fourth-order valence-corrected chi connectivity index (χ4v) is 4.19. The molecule has 3 rings (SSSR count). The topological polar surface area (TPSA) is 66.5 Å². The van der Waals surface area contributed by atoms with Gasteiger partial charge in [0.1, 0.15) is 0 Å². The number of imide groups is 1. The number of rotatable bonds is 5. The maximum atomic E-state index is 12.7. The second-order valence-electron chi connectivity index (χ2n) is 6.47. The van der Waals surface area contributed by atoms with Crippen LogP contribution in [0.2, 0.25) is 0 Å². The van der Waals surface area contributed by atoms with Crippen LogP contribution in [0.5, 0.6) is 0 Å². The highest BCUT2D eigenvalue weighted by Gasteiger charge is 2.40. The van der Waals surface area contributed by atoms with Crippen molar-refractivity contribution in [2.75, 3.05) is 16.0 Å². The van der Waals surface area contributed by atoms with E-state index in [1.54, 1.807) is 12.1 Å². The highest BCUT2D eigenvalue weighted by molar-refractivity contribution is 9.10. The van der Waals surface area contributed by atoms with Crippen LogP contribution < -0.4 is 10.2 Å². The third kappa shape index (κ3) is 4.78. The smallest absolute Gasteiger partial charge is 0.247 e. The molecule has 0 radical (unpaired) electrons. The molecule has 1 heterocycles. The van der Waals surface area contributed by atoms with Crippen molar-refractivity contribution in [3.8, 4) is 0 Å². The largest absolute Gasteiger partial charge is 0.325 e. The van der Waals surface area contributed by atoms with E-state index in [-0.39, 0.29) is 29.9 Å². The van der Waals surface area contributed by atoms with Crippen molar-refractivity contribution in [2.24, 2.45) is 0 Å². The number of nitrogens with one attached hydrogen (secondary N) is 1. The van der Waals surface area contributed by atoms with Crippen LogP contribution in [0.3, 0.4) is 0 Å². The molecule has 1 atom stereocenters. The Morgan fingerprint density at radius 1 is 1.15 bits per heavy atom. The Kier molecular flexibility index (Phi) is 6.01. The first-order chi connectivity index (χ1) is 12.8. The average molecular weight is 447 g/mol. The lowest BCUT2D eigenvalue weighted by atomic mass is 10.1. The van der Waals surface area contributed by atoms with Crippen LogP contribution in [-0.4, -0.2) is 28.7 Å². The summed E-state index contributed by atoms with van der Waals surface area (Å²) in [5.74, 6) is -0.574. The Morgan fingerprint density at radius 2 is 1.78 bits per heavy atom. The van der Waals surface area contributed by atoms with Gasteiger partial charge in [0.05, 0.1) is 16.7 Å². The molecule has 0 aromatic heterocycles. The molecule has 1 N–H and O–H groups in total. The van der Waals surface area contributed by atoms with Gasteiger partial charge in [-0.1, -0.05) is 22.0 Å². The summed E-state index contributed by atoms with van der Waals surface area (Å²) in [6.45, 7) is 3.86. The lowest BCUT2D eigenvalue weighted by molar-refractivity contribution is -0.121. The van der Waals surface area contributed by atoms with E-state index in [4.69, 9.17) is 0 Å². The molecular formula is C20H19BrN2O3S. The normalized spacial score (nSPS) is 16.7. The minimum Gasteiger partial charge on any atom is -0.325 e. The molecule has 2 aromatic carbocycles. The van der Waals surface area contributed by atoms with Gasteiger partial charge in [-0.05, 0) is 61.4 Å². The standard InChI is InChI=1S/C20H19BrN2O3S/c1-12-7-13(2)9-16(8-12)23-19(25)10-17(20(23)26)27-11-18(24)22-15-5-3-14(21)4-6-15/h3-9,17H,10-11H2,1-2H3,(H,22,24)/t17-/m0/s1. The van der Waals surface area contributed by atoms with Gasteiger partial charge < -0.3 is 5.32 Å². The number of amides is 3.